The Morgan fingerprint density at radius 2 is 1.86 bits per heavy atom. The molecule has 1 aromatic heterocycles. The van der Waals surface area contributed by atoms with Crippen LogP contribution in [0.3, 0.4) is 0 Å². The Kier molecular flexibility index (Phi) is 4.25. The number of halogens is 1. The average Bonchev–Trinajstić information content (AvgIpc) is 3.06. The van der Waals surface area contributed by atoms with Gasteiger partial charge in [-0.15, -0.1) is 11.3 Å². The Morgan fingerprint density at radius 3 is 2.62 bits per heavy atom. The quantitative estimate of drug-likeness (QED) is 0.589. The Labute approximate surface area is 140 Å². The van der Waals surface area contributed by atoms with Crippen molar-refractivity contribution in [2.24, 2.45) is 0 Å². The molecule has 0 atom stereocenters. The number of nitrogens with one attached hydrogen (secondary N) is 2. The first-order valence-corrected chi connectivity index (χ1v) is 8.51. The monoisotopic (exact) mass is 412 g/mol. The fourth-order valence-corrected chi connectivity index (χ4v) is 4.11. The molecule has 0 spiro atoms. The molecule has 108 valence electrons. The number of rotatable bonds is 2. The van der Waals surface area contributed by atoms with Crippen molar-refractivity contribution in [3.63, 3.8) is 0 Å². The summed E-state index contributed by atoms with van der Waals surface area (Å²) in [5, 5.41) is 0. The first-order valence-electron chi connectivity index (χ1n) is 6.62. The molecule has 1 aliphatic carbocycles. The van der Waals surface area contributed by atoms with Gasteiger partial charge in [-0.1, -0.05) is 12.1 Å². The highest BCUT2D eigenvalue weighted by Gasteiger charge is 2.19. The van der Waals surface area contributed by atoms with Crippen LogP contribution in [0.4, 0.5) is 0 Å². The van der Waals surface area contributed by atoms with Crippen LogP contribution >= 0.6 is 33.9 Å². The highest BCUT2D eigenvalue weighted by molar-refractivity contribution is 14.1. The van der Waals surface area contributed by atoms with E-state index in [0.717, 1.165) is 16.4 Å². The predicted molar refractivity (Wildman–Crippen MR) is 90.4 cm³/mol. The van der Waals surface area contributed by atoms with Gasteiger partial charge in [-0.3, -0.25) is 20.4 Å². The van der Waals surface area contributed by atoms with Gasteiger partial charge in [0.1, 0.15) is 0 Å². The molecule has 2 N–H and O–H groups in total. The van der Waals surface area contributed by atoms with Gasteiger partial charge in [0.2, 0.25) is 0 Å². The zero-order valence-corrected chi connectivity index (χ0v) is 14.1. The van der Waals surface area contributed by atoms with E-state index in [2.05, 4.69) is 33.4 Å². The zero-order valence-electron chi connectivity index (χ0n) is 11.1. The van der Waals surface area contributed by atoms with Crippen LogP contribution < -0.4 is 10.9 Å². The summed E-state index contributed by atoms with van der Waals surface area (Å²) in [7, 11) is 0. The van der Waals surface area contributed by atoms with Crippen LogP contribution in [0.1, 0.15) is 36.9 Å². The number of thiophene rings is 1. The third-order valence-electron chi connectivity index (χ3n) is 3.38. The van der Waals surface area contributed by atoms with Crippen molar-refractivity contribution in [2.75, 3.05) is 0 Å². The summed E-state index contributed by atoms with van der Waals surface area (Å²) in [4.78, 5) is 26.0. The van der Waals surface area contributed by atoms with Crippen LogP contribution in [0.25, 0.3) is 0 Å². The van der Waals surface area contributed by atoms with Crippen LogP contribution in [-0.2, 0) is 12.8 Å². The molecule has 6 heteroatoms. The van der Waals surface area contributed by atoms with Crippen molar-refractivity contribution >= 4 is 45.7 Å². The topological polar surface area (TPSA) is 58.2 Å². The Balaban J connectivity index is 1.63. The maximum atomic E-state index is 12.1. The van der Waals surface area contributed by atoms with E-state index in [1.807, 2.05) is 18.2 Å². The lowest BCUT2D eigenvalue weighted by molar-refractivity contribution is 0.0848. The van der Waals surface area contributed by atoms with E-state index in [-0.39, 0.29) is 11.8 Å². The number of hydrazine groups is 1. The molecule has 0 aliphatic heterocycles. The summed E-state index contributed by atoms with van der Waals surface area (Å²) < 4.78 is 0.844. The van der Waals surface area contributed by atoms with Crippen LogP contribution in [0.5, 0.6) is 0 Å². The Morgan fingerprint density at radius 1 is 1.10 bits per heavy atom. The normalized spacial score (nSPS) is 12.8. The molecule has 1 heterocycles. The van der Waals surface area contributed by atoms with Gasteiger partial charge in [-0.25, -0.2) is 0 Å². The Bertz CT molecular complexity index is 690. The molecule has 2 amide bonds. The fraction of sp³-hybridized carbons (Fsp3) is 0.200. The number of carbonyl (C=O) groups excluding carboxylic acids is 2. The zero-order chi connectivity index (χ0) is 14.8. The van der Waals surface area contributed by atoms with Gasteiger partial charge in [0, 0.05) is 8.45 Å². The van der Waals surface area contributed by atoms with Gasteiger partial charge in [-0.05, 0) is 65.6 Å². The number of carbonyl (C=O) groups is 2. The van der Waals surface area contributed by atoms with Crippen LogP contribution in [0.15, 0.2) is 30.3 Å². The molecular weight excluding hydrogens is 399 g/mol. The number of hydrogen-bond acceptors (Lipinski definition) is 3. The van der Waals surface area contributed by atoms with Crippen molar-refractivity contribution in [1.29, 1.82) is 0 Å². The van der Waals surface area contributed by atoms with E-state index in [0.29, 0.717) is 10.4 Å². The van der Waals surface area contributed by atoms with E-state index in [1.54, 1.807) is 12.1 Å². The fourth-order valence-electron chi connectivity index (χ4n) is 2.33. The van der Waals surface area contributed by atoms with Gasteiger partial charge < -0.3 is 0 Å². The minimum atomic E-state index is -0.308. The van der Waals surface area contributed by atoms with E-state index in [4.69, 9.17) is 0 Å². The second kappa shape index (κ2) is 6.15. The van der Waals surface area contributed by atoms with Crippen molar-refractivity contribution in [2.45, 2.75) is 19.3 Å². The third-order valence-corrected chi connectivity index (χ3v) is 5.55. The predicted octanol–water partition coefficient (Wildman–Crippen LogP) is 2.92. The lowest BCUT2D eigenvalue weighted by Crippen LogP contribution is -2.41. The first kappa shape index (κ1) is 14.5. The van der Waals surface area contributed by atoms with E-state index in [1.165, 1.54) is 28.2 Å². The second-order valence-corrected chi connectivity index (χ2v) is 7.10. The molecule has 1 aliphatic rings. The molecule has 0 saturated heterocycles. The number of hydrogen-bond donors (Lipinski definition) is 2. The van der Waals surface area contributed by atoms with Gasteiger partial charge in [0.05, 0.1) is 10.4 Å². The highest BCUT2D eigenvalue weighted by Crippen LogP contribution is 2.30. The molecule has 0 fully saturated rings. The maximum absolute atomic E-state index is 12.1. The second-order valence-electron chi connectivity index (χ2n) is 4.80. The SMILES string of the molecule is O=C(NNC(=O)c1ccccc1I)c1cc2c(s1)CCC2. The summed E-state index contributed by atoms with van der Waals surface area (Å²) in [6.45, 7) is 0. The van der Waals surface area contributed by atoms with Crippen molar-refractivity contribution in [3.8, 4) is 0 Å². The highest BCUT2D eigenvalue weighted by atomic mass is 127. The van der Waals surface area contributed by atoms with Crippen molar-refractivity contribution in [1.82, 2.24) is 10.9 Å². The van der Waals surface area contributed by atoms with Gasteiger partial charge >= 0.3 is 0 Å². The number of fused-ring (bicyclic) bond motifs is 1. The van der Waals surface area contributed by atoms with Crippen LogP contribution in [0.2, 0.25) is 0 Å². The lowest BCUT2D eigenvalue weighted by Gasteiger charge is -2.07. The smallest absolute Gasteiger partial charge is 0.267 e. The molecule has 1 aromatic carbocycles. The third kappa shape index (κ3) is 3.11. The summed E-state index contributed by atoms with van der Waals surface area (Å²) in [6, 6.07) is 9.16. The average molecular weight is 412 g/mol. The minimum absolute atomic E-state index is 0.256. The van der Waals surface area contributed by atoms with Crippen molar-refractivity contribution < 1.29 is 9.59 Å². The van der Waals surface area contributed by atoms with E-state index >= 15 is 0 Å². The molecule has 2 aromatic rings. The lowest BCUT2D eigenvalue weighted by atomic mass is 10.2. The van der Waals surface area contributed by atoms with E-state index < -0.39 is 0 Å². The number of aryl methyl sites for hydroxylation is 2. The van der Waals surface area contributed by atoms with Gasteiger partial charge in [0.15, 0.2) is 0 Å². The van der Waals surface area contributed by atoms with Crippen LogP contribution in [-0.4, -0.2) is 11.8 Å². The molecule has 0 saturated carbocycles. The first-order chi connectivity index (χ1) is 10.1. The number of amides is 2. The van der Waals surface area contributed by atoms with Crippen LogP contribution in [0, 0.1) is 3.57 Å². The molecule has 21 heavy (non-hydrogen) atoms. The molecular formula is C15H13IN2O2S. The van der Waals surface area contributed by atoms with Crippen molar-refractivity contribution in [3.05, 3.63) is 54.8 Å². The standard InChI is InChI=1S/C15H13IN2O2S/c16-11-6-2-1-5-10(11)14(19)17-18-15(20)13-8-9-4-3-7-12(9)21-13/h1-2,5-6,8H,3-4,7H2,(H,17,19)(H,18,20). The maximum Gasteiger partial charge on any atom is 0.279 e. The number of benzene rings is 1. The largest absolute Gasteiger partial charge is 0.279 e. The molecule has 4 nitrogen and oxygen atoms in total. The molecule has 0 radical (unpaired) electrons. The summed E-state index contributed by atoms with van der Waals surface area (Å²) in [5.74, 6) is -0.564. The Hall–Kier alpha value is -1.41. The molecule has 3 rings (SSSR count). The van der Waals surface area contributed by atoms with Gasteiger partial charge in [-0.2, -0.15) is 0 Å². The molecule has 0 bridgehead atoms. The van der Waals surface area contributed by atoms with Gasteiger partial charge in [0.25, 0.3) is 11.8 Å². The minimum Gasteiger partial charge on any atom is -0.267 e. The summed E-state index contributed by atoms with van der Waals surface area (Å²) in [5.41, 5.74) is 6.77. The summed E-state index contributed by atoms with van der Waals surface area (Å²) >= 11 is 3.61. The summed E-state index contributed by atoms with van der Waals surface area (Å²) in [6.07, 6.45) is 3.28. The molecule has 0 unspecified atom stereocenters. The van der Waals surface area contributed by atoms with E-state index in [9.17, 15) is 9.59 Å².